The van der Waals surface area contributed by atoms with Crippen molar-refractivity contribution in [3.8, 4) is 0 Å². The number of esters is 1. The van der Waals surface area contributed by atoms with Crippen LogP contribution in [0.3, 0.4) is 0 Å². The quantitative estimate of drug-likeness (QED) is 0.371. The lowest BCUT2D eigenvalue weighted by Gasteiger charge is -2.69. The van der Waals surface area contributed by atoms with Gasteiger partial charge in [0.1, 0.15) is 29.5 Å². The average Bonchev–Trinajstić information content (AvgIpc) is 3.36. The van der Waals surface area contributed by atoms with Crippen LogP contribution in [0.5, 0.6) is 0 Å². The number of carbonyl (C=O) groups is 1. The number of methoxy groups -OCH3 is 4. The third-order valence-electron chi connectivity index (χ3n) is 12.5. The SMILES string of the molecule is Br.COC[C@@]12CCC(OC)C34C(C(C(OC)[C@@H]31)[C@]1(O)[C@@H]3[C@H]4C[C@@](O)([C@@H]3OC(=O)c3ccccc3)[C@@H](OC)[C@@H]1O)N(C)C2. The Morgan fingerprint density at radius 1 is 1.02 bits per heavy atom. The van der Waals surface area contributed by atoms with Gasteiger partial charge >= 0.3 is 5.97 Å². The summed E-state index contributed by atoms with van der Waals surface area (Å²) in [6.07, 6.45) is -2.45. The van der Waals surface area contributed by atoms with Crippen LogP contribution in [0.25, 0.3) is 0 Å². The molecule has 7 rings (SSSR count). The van der Waals surface area contributed by atoms with E-state index in [4.69, 9.17) is 23.7 Å². The first-order valence-corrected chi connectivity index (χ1v) is 14.8. The average molecular weight is 655 g/mol. The summed E-state index contributed by atoms with van der Waals surface area (Å²) < 4.78 is 30.6. The molecule has 6 fully saturated rings. The fraction of sp³-hybridized carbons (Fsp3) is 0.774. The molecule has 1 aromatic rings. The first kappa shape index (κ1) is 30.9. The Morgan fingerprint density at radius 3 is 2.36 bits per heavy atom. The molecule has 234 valence electrons. The van der Waals surface area contributed by atoms with Crippen LogP contribution in [0.4, 0.5) is 0 Å². The number of hydrogen-bond acceptors (Lipinski definition) is 10. The van der Waals surface area contributed by atoms with E-state index in [1.165, 1.54) is 7.11 Å². The second-order valence-corrected chi connectivity index (χ2v) is 13.6. The zero-order valence-electron chi connectivity index (χ0n) is 24.8. The summed E-state index contributed by atoms with van der Waals surface area (Å²) in [5.74, 6) is -2.30. The zero-order chi connectivity index (χ0) is 29.1. The molecule has 0 amide bonds. The first-order chi connectivity index (χ1) is 19.6. The number of piperidine rings is 1. The van der Waals surface area contributed by atoms with E-state index < -0.39 is 58.8 Å². The van der Waals surface area contributed by atoms with Gasteiger partial charge in [-0.3, -0.25) is 0 Å². The number of aliphatic hydroxyl groups excluding tert-OH is 1. The van der Waals surface area contributed by atoms with Gasteiger partial charge in [0, 0.05) is 69.6 Å². The van der Waals surface area contributed by atoms with Gasteiger partial charge in [-0.1, -0.05) is 18.2 Å². The lowest BCUT2D eigenvalue weighted by atomic mass is 9.43. The summed E-state index contributed by atoms with van der Waals surface area (Å²) in [4.78, 5) is 15.8. The Labute approximate surface area is 257 Å². The molecule has 5 saturated carbocycles. The van der Waals surface area contributed by atoms with Gasteiger partial charge in [-0.05, 0) is 44.4 Å². The summed E-state index contributed by atoms with van der Waals surface area (Å²) in [5, 5.41) is 37.6. The Bertz CT molecular complexity index is 1210. The number of carbonyl (C=O) groups excluding carboxylic acids is 1. The molecule has 1 saturated heterocycles. The summed E-state index contributed by atoms with van der Waals surface area (Å²) in [5.41, 5.74) is -3.95. The van der Waals surface area contributed by atoms with E-state index in [2.05, 4.69) is 11.9 Å². The van der Waals surface area contributed by atoms with Gasteiger partial charge in [0.05, 0.1) is 24.4 Å². The predicted molar refractivity (Wildman–Crippen MR) is 155 cm³/mol. The molecular formula is C31H44BrNO9. The molecule has 14 atom stereocenters. The van der Waals surface area contributed by atoms with E-state index in [9.17, 15) is 20.1 Å². The van der Waals surface area contributed by atoms with E-state index in [0.717, 1.165) is 19.4 Å². The minimum Gasteiger partial charge on any atom is -0.455 e. The van der Waals surface area contributed by atoms with Crippen molar-refractivity contribution < 1.29 is 43.8 Å². The van der Waals surface area contributed by atoms with Crippen LogP contribution in [0.2, 0.25) is 0 Å². The second-order valence-electron chi connectivity index (χ2n) is 13.6. The number of fused-ring (bicyclic) bond motifs is 2. The Morgan fingerprint density at radius 2 is 1.74 bits per heavy atom. The normalized spacial score (nSPS) is 51.6. The highest BCUT2D eigenvalue weighted by molar-refractivity contribution is 8.93. The molecule has 0 aromatic heterocycles. The van der Waals surface area contributed by atoms with E-state index in [-0.39, 0.29) is 52.8 Å². The van der Waals surface area contributed by atoms with Gasteiger partial charge in [0.2, 0.25) is 0 Å². The number of rotatable bonds is 7. The molecule has 1 heterocycles. The topological polar surface area (TPSA) is 127 Å². The Hall–Kier alpha value is -1.15. The van der Waals surface area contributed by atoms with Crippen LogP contribution in [-0.2, 0) is 23.7 Å². The van der Waals surface area contributed by atoms with Crippen molar-refractivity contribution in [2.45, 2.75) is 67.0 Å². The number of likely N-dealkylation sites (tertiary alicyclic amines) is 1. The molecule has 7 bridgehead atoms. The largest absolute Gasteiger partial charge is 0.455 e. The lowest BCUT2D eigenvalue weighted by Crippen LogP contribution is -2.79. The van der Waals surface area contributed by atoms with E-state index in [1.807, 2.05) is 6.07 Å². The van der Waals surface area contributed by atoms with Crippen LogP contribution < -0.4 is 0 Å². The van der Waals surface area contributed by atoms with E-state index >= 15 is 0 Å². The van der Waals surface area contributed by atoms with E-state index in [1.54, 1.807) is 45.6 Å². The van der Waals surface area contributed by atoms with Crippen LogP contribution >= 0.6 is 17.0 Å². The maximum Gasteiger partial charge on any atom is 0.338 e. The van der Waals surface area contributed by atoms with Crippen molar-refractivity contribution in [3.05, 3.63) is 35.9 Å². The van der Waals surface area contributed by atoms with Crippen molar-refractivity contribution in [1.82, 2.24) is 4.90 Å². The number of ether oxygens (including phenoxy) is 5. The van der Waals surface area contributed by atoms with Crippen molar-refractivity contribution >= 4 is 23.0 Å². The van der Waals surface area contributed by atoms with Crippen LogP contribution in [0, 0.1) is 34.5 Å². The van der Waals surface area contributed by atoms with Crippen molar-refractivity contribution in [2.24, 2.45) is 34.5 Å². The molecule has 42 heavy (non-hydrogen) atoms. The van der Waals surface area contributed by atoms with Gasteiger partial charge in [-0.15, -0.1) is 17.0 Å². The highest BCUT2D eigenvalue weighted by atomic mass is 79.9. The third-order valence-corrected chi connectivity index (χ3v) is 12.5. The van der Waals surface area contributed by atoms with E-state index in [0.29, 0.717) is 12.2 Å². The van der Waals surface area contributed by atoms with Crippen LogP contribution in [-0.4, -0.2) is 123 Å². The maximum atomic E-state index is 13.5. The Kier molecular flexibility index (Phi) is 7.48. The van der Waals surface area contributed by atoms with Gasteiger partial charge < -0.3 is 43.9 Å². The minimum absolute atomic E-state index is 0. The molecule has 10 nitrogen and oxygen atoms in total. The molecule has 1 aliphatic heterocycles. The highest BCUT2D eigenvalue weighted by Gasteiger charge is 2.90. The summed E-state index contributed by atoms with van der Waals surface area (Å²) in [7, 11) is 8.65. The number of hydrogen-bond donors (Lipinski definition) is 3. The molecule has 6 aliphatic rings. The van der Waals surface area contributed by atoms with Crippen molar-refractivity contribution in [3.63, 3.8) is 0 Å². The second kappa shape index (κ2) is 10.2. The smallest absolute Gasteiger partial charge is 0.338 e. The van der Waals surface area contributed by atoms with Crippen LogP contribution in [0.15, 0.2) is 30.3 Å². The van der Waals surface area contributed by atoms with Crippen molar-refractivity contribution in [2.75, 3.05) is 48.6 Å². The monoisotopic (exact) mass is 653 g/mol. The molecule has 5 unspecified atom stereocenters. The molecular weight excluding hydrogens is 610 g/mol. The van der Waals surface area contributed by atoms with Crippen molar-refractivity contribution in [1.29, 1.82) is 0 Å². The number of aliphatic hydroxyl groups is 3. The predicted octanol–water partition coefficient (Wildman–Crippen LogP) is 1.29. The molecule has 1 spiro atoms. The molecule has 0 radical (unpaired) electrons. The summed E-state index contributed by atoms with van der Waals surface area (Å²) in [6, 6.07) is 8.46. The number of benzene rings is 1. The van der Waals surface area contributed by atoms with Crippen LogP contribution in [0.1, 0.15) is 29.6 Å². The zero-order valence-corrected chi connectivity index (χ0v) is 26.6. The standard InChI is InChI=1S/C31H43NO9.BrH/c1-32-14-28(15-37-2)12-11-18(38-3)30-17-13-29(35)25(41-27(34)16-9-7-6-8-10-16)19(17)31(36,24(33)26(29)40-5)20(23(30)32)21(39-4)22(28)30;/h6-10,17-26,33,35-36H,11-15H2,1-5H3;1H/t17-,18?,19-,20?,21?,22-,23?,24+,25-,26+,28+,29-,30?,31-;/m1./s1. The third kappa shape index (κ3) is 3.35. The minimum atomic E-state index is -1.76. The Balaban J connectivity index is 0.00000316. The number of nitrogens with zero attached hydrogens (tertiary/aromatic N) is 1. The first-order valence-electron chi connectivity index (χ1n) is 14.8. The molecule has 5 aliphatic carbocycles. The fourth-order valence-electron chi connectivity index (χ4n) is 11.8. The van der Waals surface area contributed by atoms with Gasteiger partial charge in [0.15, 0.2) is 0 Å². The van der Waals surface area contributed by atoms with Gasteiger partial charge in [-0.25, -0.2) is 4.79 Å². The molecule has 3 N–H and O–H groups in total. The van der Waals surface area contributed by atoms with Gasteiger partial charge in [-0.2, -0.15) is 0 Å². The van der Waals surface area contributed by atoms with Gasteiger partial charge in [0.25, 0.3) is 0 Å². The fourth-order valence-corrected chi connectivity index (χ4v) is 11.8. The number of halogens is 1. The maximum absolute atomic E-state index is 13.5. The molecule has 1 aromatic carbocycles. The molecule has 11 heteroatoms. The summed E-state index contributed by atoms with van der Waals surface area (Å²) >= 11 is 0. The summed E-state index contributed by atoms with van der Waals surface area (Å²) in [6.45, 7) is 1.29. The lowest BCUT2D eigenvalue weighted by molar-refractivity contribution is -0.313. The highest BCUT2D eigenvalue weighted by Crippen LogP contribution is 2.80.